The summed E-state index contributed by atoms with van der Waals surface area (Å²) < 4.78 is 0. The highest BCUT2D eigenvalue weighted by Crippen LogP contribution is 2.26. The van der Waals surface area contributed by atoms with Crippen LogP contribution in [0.25, 0.3) is 0 Å². The molecule has 5 nitrogen and oxygen atoms in total. The fourth-order valence-corrected chi connectivity index (χ4v) is 2.69. The predicted octanol–water partition coefficient (Wildman–Crippen LogP) is 0.916. The first-order valence-corrected chi connectivity index (χ1v) is 6.62. The zero-order chi connectivity index (χ0) is 14.0. The number of aryl methyl sites for hydroxylation is 1. The number of aromatic nitrogens is 1. The van der Waals surface area contributed by atoms with E-state index in [2.05, 4.69) is 4.98 Å². The van der Waals surface area contributed by atoms with Crippen molar-refractivity contribution in [2.75, 3.05) is 13.6 Å². The standard InChI is InChI=1S/C14H20N2O3/c1-9-6-11(7-13(18)15-9)14(19)16(2)8-10-4-3-5-12(10)17/h6-7,10,12,17H,3-5,8H2,1-2H3,(H,15,18). The molecule has 5 heteroatoms. The number of amides is 1. The second-order valence-electron chi connectivity index (χ2n) is 5.36. The molecule has 0 radical (unpaired) electrons. The number of carbonyl (C=O) groups excluding carboxylic acids is 1. The second kappa shape index (κ2) is 5.57. The van der Waals surface area contributed by atoms with Gasteiger partial charge < -0.3 is 15.0 Å². The van der Waals surface area contributed by atoms with Gasteiger partial charge in [-0.3, -0.25) is 9.59 Å². The molecule has 1 aliphatic rings. The predicted molar refractivity (Wildman–Crippen MR) is 72.1 cm³/mol. The van der Waals surface area contributed by atoms with E-state index < -0.39 is 0 Å². The monoisotopic (exact) mass is 264 g/mol. The van der Waals surface area contributed by atoms with Crippen LogP contribution in [0.15, 0.2) is 16.9 Å². The molecule has 19 heavy (non-hydrogen) atoms. The van der Waals surface area contributed by atoms with Crippen LogP contribution in [0.4, 0.5) is 0 Å². The Morgan fingerprint density at radius 1 is 1.47 bits per heavy atom. The van der Waals surface area contributed by atoms with Crippen molar-refractivity contribution in [3.8, 4) is 0 Å². The lowest BCUT2D eigenvalue weighted by molar-refractivity contribution is 0.0693. The van der Waals surface area contributed by atoms with Crippen LogP contribution in [-0.2, 0) is 0 Å². The topological polar surface area (TPSA) is 73.4 Å². The van der Waals surface area contributed by atoms with Crippen LogP contribution in [0.5, 0.6) is 0 Å². The molecular weight excluding hydrogens is 244 g/mol. The van der Waals surface area contributed by atoms with Gasteiger partial charge in [-0.1, -0.05) is 6.42 Å². The van der Waals surface area contributed by atoms with Crippen LogP contribution in [0.3, 0.4) is 0 Å². The number of rotatable bonds is 3. The van der Waals surface area contributed by atoms with Crippen LogP contribution in [-0.4, -0.2) is 40.6 Å². The first kappa shape index (κ1) is 13.8. The summed E-state index contributed by atoms with van der Waals surface area (Å²) in [5.74, 6) is -0.0228. The second-order valence-corrected chi connectivity index (χ2v) is 5.36. The van der Waals surface area contributed by atoms with Gasteiger partial charge >= 0.3 is 0 Å². The van der Waals surface area contributed by atoms with Crippen LogP contribution in [0.1, 0.15) is 35.3 Å². The molecule has 2 N–H and O–H groups in total. The summed E-state index contributed by atoms with van der Waals surface area (Å²) in [6.07, 6.45) is 2.47. The summed E-state index contributed by atoms with van der Waals surface area (Å²) in [5.41, 5.74) is 0.805. The van der Waals surface area contributed by atoms with Gasteiger partial charge in [-0.15, -0.1) is 0 Å². The van der Waals surface area contributed by atoms with Crippen molar-refractivity contribution in [2.24, 2.45) is 5.92 Å². The van der Waals surface area contributed by atoms with E-state index in [9.17, 15) is 14.7 Å². The summed E-state index contributed by atoms with van der Waals surface area (Å²) in [5, 5.41) is 9.79. The highest BCUT2D eigenvalue weighted by Gasteiger charge is 2.27. The lowest BCUT2D eigenvalue weighted by Crippen LogP contribution is -2.35. The Morgan fingerprint density at radius 3 is 2.79 bits per heavy atom. The molecule has 1 aliphatic carbocycles. The number of carbonyl (C=O) groups is 1. The Balaban J connectivity index is 2.08. The molecule has 1 amide bonds. The van der Waals surface area contributed by atoms with Crippen molar-refractivity contribution in [1.82, 2.24) is 9.88 Å². The zero-order valence-electron chi connectivity index (χ0n) is 11.3. The number of hydrogen-bond acceptors (Lipinski definition) is 3. The molecule has 1 heterocycles. The van der Waals surface area contributed by atoms with Crippen LogP contribution >= 0.6 is 0 Å². The molecule has 2 atom stereocenters. The van der Waals surface area contributed by atoms with E-state index in [0.29, 0.717) is 17.8 Å². The Hall–Kier alpha value is -1.62. The molecule has 1 aromatic rings. The van der Waals surface area contributed by atoms with Crippen LogP contribution < -0.4 is 5.56 Å². The van der Waals surface area contributed by atoms with Gasteiger partial charge in [0, 0.05) is 36.8 Å². The number of H-pyrrole nitrogens is 1. The number of aliphatic hydroxyl groups excluding tert-OH is 1. The van der Waals surface area contributed by atoms with E-state index in [1.165, 1.54) is 6.07 Å². The van der Waals surface area contributed by atoms with Gasteiger partial charge in [0.05, 0.1) is 6.10 Å². The maximum Gasteiger partial charge on any atom is 0.253 e. The third kappa shape index (κ3) is 3.23. The van der Waals surface area contributed by atoms with E-state index in [4.69, 9.17) is 0 Å². The van der Waals surface area contributed by atoms with Gasteiger partial charge in [0.15, 0.2) is 0 Å². The molecule has 104 valence electrons. The van der Waals surface area contributed by atoms with Crippen molar-refractivity contribution in [3.05, 3.63) is 33.7 Å². The molecule has 0 aliphatic heterocycles. The Bertz CT molecular complexity index is 524. The number of aromatic amines is 1. The van der Waals surface area contributed by atoms with Gasteiger partial charge in [0.1, 0.15) is 0 Å². The van der Waals surface area contributed by atoms with Gasteiger partial charge in [-0.25, -0.2) is 0 Å². The lowest BCUT2D eigenvalue weighted by Gasteiger charge is -2.23. The van der Waals surface area contributed by atoms with Crippen LogP contribution in [0, 0.1) is 12.8 Å². The fourth-order valence-electron chi connectivity index (χ4n) is 2.69. The lowest BCUT2D eigenvalue weighted by atomic mass is 10.1. The average molecular weight is 264 g/mol. The Labute approximate surface area is 112 Å². The van der Waals surface area contributed by atoms with E-state index in [0.717, 1.165) is 19.3 Å². The summed E-state index contributed by atoms with van der Waals surface area (Å²) in [6.45, 7) is 2.28. The van der Waals surface area contributed by atoms with Crippen molar-refractivity contribution in [1.29, 1.82) is 0 Å². The van der Waals surface area contributed by atoms with E-state index >= 15 is 0 Å². The number of aliphatic hydroxyl groups is 1. The van der Waals surface area contributed by atoms with Gasteiger partial charge in [-0.2, -0.15) is 0 Å². The maximum absolute atomic E-state index is 12.2. The first-order chi connectivity index (χ1) is 8.97. The number of nitrogens with one attached hydrogen (secondary N) is 1. The average Bonchev–Trinajstić information content (AvgIpc) is 2.72. The molecule has 0 spiro atoms. The largest absolute Gasteiger partial charge is 0.393 e. The highest BCUT2D eigenvalue weighted by molar-refractivity contribution is 5.94. The summed E-state index contributed by atoms with van der Waals surface area (Å²) >= 11 is 0. The molecule has 0 aromatic carbocycles. The van der Waals surface area contributed by atoms with E-state index in [1.54, 1.807) is 24.9 Å². The Kier molecular flexibility index (Phi) is 4.04. The van der Waals surface area contributed by atoms with Gasteiger partial charge in [0.2, 0.25) is 5.56 Å². The molecule has 0 saturated heterocycles. The minimum atomic E-state index is -0.309. The van der Waals surface area contributed by atoms with Crippen molar-refractivity contribution in [3.63, 3.8) is 0 Å². The number of nitrogens with zero attached hydrogens (tertiary/aromatic N) is 1. The molecule has 0 bridgehead atoms. The minimum absolute atomic E-state index is 0.150. The molecule has 1 fully saturated rings. The first-order valence-electron chi connectivity index (χ1n) is 6.62. The number of hydrogen-bond donors (Lipinski definition) is 2. The van der Waals surface area contributed by atoms with Gasteiger partial charge in [-0.05, 0) is 25.8 Å². The van der Waals surface area contributed by atoms with Crippen molar-refractivity contribution < 1.29 is 9.90 Å². The molecule has 2 unspecified atom stereocenters. The summed E-state index contributed by atoms with van der Waals surface area (Å²) in [6, 6.07) is 2.99. The smallest absolute Gasteiger partial charge is 0.253 e. The third-order valence-corrected chi connectivity index (χ3v) is 3.70. The molecular formula is C14H20N2O3. The SMILES string of the molecule is Cc1cc(C(=O)N(C)CC2CCCC2O)cc(=O)[nH]1. The minimum Gasteiger partial charge on any atom is -0.393 e. The van der Waals surface area contributed by atoms with Crippen molar-refractivity contribution >= 4 is 5.91 Å². The molecule has 1 saturated carbocycles. The fraction of sp³-hybridized carbons (Fsp3) is 0.571. The molecule has 2 rings (SSSR count). The quantitative estimate of drug-likeness (QED) is 0.852. The zero-order valence-corrected chi connectivity index (χ0v) is 11.3. The third-order valence-electron chi connectivity index (χ3n) is 3.70. The van der Waals surface area contributed by atoms with E-state index in [-0.39, 0.29) is 23.5 Å². The summed E-state index contributed by atoms with van der Waals surface area (Å²) in [7, 11) is 1.71. The van der Waals surface area contributed by atoms with Crippen LogP contribution in [0.2, 0.25) is 0 Å². The molecule has 1 aromatic heterocycles. The maximum atomic E-state index is 12.2. The van der Waals surface area contributed by atoms with Gasteiger partial charge in [0.25, 0.3) is 5.91 Å². The Morgan fingerprint density at radius 2 is 2.21 bits per heavy atom. The highest BCUT2D eigenvalue weighted by atomic mass is 16.3. The number of pyridine rings is 1. The summed E-state index contributed by atoms with van der Waals surface area (Å²) in [4.78, 5) is 27.8. The van der Waals surface area contributed by atoms with Crippen molar-refractivity contribution in [2.45, 2.75) is 32.3 Å². The normalized spacial score (nSPS) is 22.5. The van der Waals surface area contributed by atoms with E-state index in [1.807, 2.05) is 0 Å².